The molecule has 0 spiro atoms. The molecule has 2 aromatic rings. The molecule has 12 heavy (non-hydrogen) atoms. The summed E-state index contributed by atoms with van der Waals surface area (Å²) in [6.07, 6.45) is 0. The van der Waals surface area contributed by atoms with E-state index in [0.29, 0.717) is 0 Å². The van der Waals surface area contributed by atoms with E-state index in [-0.39, 0.29) is 0 Å². The molecule has 0 aromatic heterocycles. The Labute approximate surface area is 82.4 Å². The van der Waals surface area contributed by atoms with Crippen molar-refractivity contribution in [3.05, 3.63) is 36.4 Å². The molecule has 2 aromatic carbocycles. The molecular weight excluding hydrogens is 184 g/mol. The molecule has 0 bridgehead atoms. The lowest BCUT2D eigenvalue weighted by Gasteiger charge is -2.00. The topological polar surface area (TPSA) is 0 Å². The van der Waals surface area contributed by atoms with Gasteiger partial charge in [0.05, 0.1) is 0 Å². The Kier molecular flexibility index (Phi) is 2.03. The fourth-order valence-electron chi connectivity index (χ4n) is 1.14. The van der Waals surface area contributed by atoms with Crippen LogP contribution in [0, 0.1) is 6.07 Å². The smallest absolute Gasteiger partial charge is 0.0260 e. The molecule has 0 heterocycles. The number of benzene rings is 2. The molecule has 0 N–H and O–H groups in total. The first-order valence-electron chi connectivity index (χ1n) is 3.60. The number of fused-ring (bicyclic) bond motifs is 1. The molecule has 0 aliphatic heterocycles. The monoisotopic (exact) mass is 191 g/mol. The molecule has 2 heteroatoms. The van der Waals surface area contributed by atoms with Gasteiger partial charge >= 0.3 is 0 Å². The molecule has 0 unspecified atom stereocenters. The maximum atomic E-state index is 4.27. The molecule has 0 nitrogen and oxygen atoms in total. The van der Waals surface area contributed by atoms with Crippen molar-refractivity contribution in [3.8, 4) is 0 Å². The lowest BCUT2D eigenvalue weighted by atomic mass is 10.1. The standard InChI is InChI=1S/C10H7S2/c11-9-5-7-3-1-2-4-8(7)6-10(9)12/h1-5,11-12H. The number of rotatable bonds is 0. The summed E-state index contributed by atoms with van der Waals surface area (Å²) in [5, 5.41) is 2.24. The van der Waals surface area contributed by atoms with E-state index in [9.17, 15) is 0 Å². The minimum absolute atomic E-state index is 0.803. The Bertz CT molecular complexity index is 381. The second-order valence-corrected chi connectivity index (χ2v) is 3.52. The summed E-state index contributed by atoms with van der Waals surface area (Å²) in [7, 11) is 0. The predicted molar refractivity (Wildman–Crippen MR) is 57.3 cm³/mol. The number of hydrogen-bond donors (Lipinski definition) is 2. The Balaban J connectivity index is 2.84. The van der Waals surface area contributed by atoms with Gasteiger partial charge in [-0.2, -0.15) is 0 Å². The van der Waals surface area contributed by atoms with E-state index in [1.807, 2.05) is 30.3 Å². The summed E-state index contributed by atoms with van der Waals surface area (Å²) < 4.78 is 0. The van der Waals surface area contributed by atoms with Crippen LogP contribution in [0.25, 0.3) is 10.8 Å². The van der Waals surface area contributed by atoms with Crippen LogP contribution in [0.15, 0.2) is 40.1 Å². The molecular formula is C10H7S2. The van der Waals surface area contributed by atoms with Crippen LogP contribution in [-0.4, -0.2) is 0 Å². The first-order valence-corrected chi connectivity index (χ1v) is 4.50. The summed E-state index contributed by atoms with van der Waals surface area (Å²) >= 11 is 8.51. The molecule has 0 aliphatic rings. The lowest BCUT2D eigenvalue weighted by molar-refractivity contribution is 1.29. The van der Waals surface area contributed by atoms with Gasteiger partial charge in [0.1, 0.15) is 0 Å². The normalized spacial score (nSPS) is 10.5. The Hall–Kier alpha value is -0.600. The predicted octanol–water partition coefficient (Wildman–Crippen LogP) is 3.22. The average molecular weight is 191 g/mol. The first kappa shape index (κ1) is 8.02. The molecule has 1 radical (unpaired) electrons. The van der Waals surface area contributed by atoms with E-state index in [4.69, 9.17) is 0 Å². The highest BCUT2D eigenvalue weighted by Crippen LogP contribution is 2.24. The van der Waals surface area contributed by atoms with Crippen LogP contribution in [0.2, 0.25) is 0 Å². The van der Waals surface area contributed by atoms with Crippen LogP contribution in [0.5, 0.6) is 0 Å². The summed E-state index contributed by atoms with van der Waals surface area (Å²) in [5.41, 5.74) is 0. The van der Waals surface area contributed by atoms with Crippen molar-refractivity contribution in [3.63, 3.8) is 0 Å². The van der Waals surface area contributed by atoms with Crippen molar-refractivity contribution in [1.82, 2.24) is 0 Å². The zero-order chi connectivity index (χ0) is 8.55. The molecule has 0 saturated carbocycles. The van der Waals surface area contributed by atoms with Crippen molar-refractivity contribution in [2.24, 2.45) is 0 Å². The maximum absolute atomic E-state index is 4.27. The molecule has 0 amide bonds. The fraction of sp³-hybridized carbons (Fsp3) is 0. The van der Waals surface area contributed by atoms with Crippen LogP contribution in [0.3, 0.4) is 0 Å². The van der Waals surface area contributed by atoms with Gasteiger partial charge in [-0.15, -0.1) is 25.3 Å². The fourth-order valence-corrected chi connectivity index (χ4v) is 1.52. The molecule has 2 rings (SSSR count). The largest absolute Gasteiger partial charge is 0.142 e. The van der Waals surface area contributed by atoms with E-state index in [0.717, 1.165) is 20.6 Å². The third-order valence-corrected chi connectivity index (χ3v) is 2.63. The van der Waals surface area contributed by atoms with E-state index in [2.05, 4.69) is 31.3 Å². The van der Waals surface area contributed by atoms with Crippen molar-refractivity contribution >= 4 is 36.0 Å². The highest BCUT2D eigenvalue weighted by atomic mass is 32.1. The van der Waals surface area contributed by atoms with Gasteiger partial charge in [-0.05, 0) is 16.8 Å². The second-order valence-electron chi connectivity index (χ2n) is 2.59. The van der Waals surface area contributed by atoms with E-state index in [1.54, 1.807) is 0 Å². The third kappa shape index (κ3) is 1.32. The highest BCUT2D eigenvalue weighted by molar-refractivity contribution is 7.83. The summed E-state index contributed by atoms with van der Waals surface area (Å²) in [6.45, 7) is 0. The van der Waals surface area contributed by atoms with Gasteiger partial charge in [-0.3, -0.25) is 0 Å². The molecule has 0 aliphatic carbocycles. The second kappa shape index (κ2) is 3.04. The van der Waals surface area contributed by atoms with Gasteiger partial charge in [0.2, 0.25) is 0 Å². The Morgan fingerprint density at radius 1 is 1.08 bits per heavy atom. The number of hydrogen-bond acceptors (Lipinski definition) is 2. The van der Waals surface area contributed by atoms with Crippen LogP contribution < -0.4 is 0 Å². The van der Waals surface area contributed by atoms with Crippen LogP contribution in [0.4, 0.5) is 0 Å². The summed E-state index contributed by atoms with van der Waals surface area (Å²) in [5.74, 6) is 0. The van der Waals surface area contributed by atoms with Gasteiger partial charge in [0.15, 0.2) is 0 Å². The molecule has 59 valence electrons. The highest BCUT2D eigenvalue weighted by Gasteiger charge is 1.97. The third-order valence-electron chi connectivity index (χ3n) is 1.75. The van der Waals surface area contributed by atoms with Gasteiger partial charge in [0.25, 0.3) is 0 Å². The van der Waals surface area contributed by atoms with Crippen molar-refractivity contribution in [2.45, 2.75) is 9.79 Å². The van der Waals surface area contributed by atoms with Gasteiger partial charge in [0, 0.05) is 15.9 Å². The van der Waals surface area contributed by atoms with Gasteiger partial charge < -0.3 is 0 Å². The van der Waals surface area contributed by atoms with E-state index < -0.39 is 0 Å². The SMILES string of the molecule is Sc1[c]c2ccccc2cc1S. The summed E-state index contributed by atoms with van der Waals surface area (Å²) in [6, 6.07) is 13.2. The van der Waals surface area contributed by atoms with E-state index in [1.165, 1.54) is 0 Å². The minimum Gasteiger partial charge on any atom is -0.142 e. The zero-order valence-electron chi connectivity index (χ0n) is 6.28. The van der Waals surface area contributed by atoms with Crippen molar-refractivity contribution < 1.29 is 0 Å². The van der Waals surface area contributed by atoms with Crippen molar-refractivity contribution in [1.29, 1.82) is 0 Å². The minimum atomic E-state index is 0.803. The average Bonchev–Trinajstić information content (AvgIpc) is 2.07. The quantitative estimate of drug-likeness (QED) is 0.587. The van der Waals surface area contributed by atoms with E-state index >= 15 is 0 Å². The van der Waals surface area contributed by atoms with Gasteiger partial charge in [-0.1, -0.05) is 24.3 Å². The maximum Gasteiger partial charge on any atom is 0.0260 e. The molecule has 0 fully saturated rings. The Morgan fingerprint density at radius 2 is 1.83 bits per heavy atom. The molecule has 0 saturated heterocycles. The summed E-state index contributed by atoms with van der Waals surface area (Å²) in [4.78, 5) is 1.68. The first-order chi connectivity index (χ1) is 5.77. The zero-order valence-corrected chi connectivity index (χ0v) is 8.07. The van der Waals surface area contributed by atoms with Crippen LogP contribution in [0.1, 0.15) is 0 Å². The molecule has 0 atom stereocenters. The van der Waals surface area contributed by atoms with Crippen LogP contribution in [-0.2, 0) is 0 Å². The van der Waals surface area contributed by atoms with Gasteiger partial charge in [-0.25, -0.2) is 0 Å². The van der Waals surface area contributed by atoms with Crippen LogP contribution >= 0.6 is 25.3 Å². The Morgan fingerprint density at radius 3 is 2.67 bits per heavy atom. The number of thiol groups is 2. The van der Waals surface area contributed by atoms with Crippen molar-refractivity contribution in [2.75, 3.05) is 0 Å². The lowest BCUT2D eigenvalue weighted by Crippen LogP contribution is -1.75.